The van der Waals surface area contributed by atoms with E-state index in [0.29, 0.717) is 6.54 Å². The van der Waals surface area contributed by atoms with Gasteiger partial charge in [-0.25, -0.2) is 0 Å². The van der Waals surface area contributed by atoms with E-state index in [-0.39, 0.29) is 5.82 Å². The molecule has 68 valence electrons. The second-order valence-electron chi connectivity index (χ2n) is 2.19. The number of halogens is 3. The van der Waals surface area contributed by atoms with Gasteiger partial charge in [0.05, 0.1) is 6.20 Å². The molecule has 6 heteroatoms. The molecule has 0 fully saturated rings. The smallest absolute Gasteiger partial charge is 0.370 e. The molecule has 0 saturated carbocycles. The van der Waals surface area contributed by atoms with Crippen molar-refractivity contribution in [1.29, 1.82) is 0 Å². The van der Waals surface area contributed by atoms with Gasteiger partial charge in [0.25, 0.3) is 0 Å². The molecule has 1 aromatic rings. The summed E-state index contributed by atoms with van der Waals surface area (Å²) in [5.74, 6) is -0.0787. The largest absolute Gasteiger partial charge is 0.421 e. The molecule has 1 aromatic heterocycles. The molecule has 1 rings (SSSR count). The lowest BCUT2D eigenvalue weighted by Gasteiger charge is -2.06. The van der Waals surface area contributed by atoms with Crippen LogP contribution >= 0.6 is 0 Å². The Morgan fingerprint density at radius 3 is 2.75 bits per heavy atom. The van der Waals surface area contributed by atoms with Crippen LogP contribution in [0.3, 0.4) is 0 Å². The van der Waals surface area contributed by atoms with E-state index in [0.717, 1.165) is 6.20 Å². The number of H-pyrrole nitrogens is 1. The zero-order valence-electron chi connectivity index (χ0n) is 6.37. The number of aromatic nitrogens is 2. The molecule has 12 heavy (non-hydrogen) atoms. The van der Waals surface area contributed by atoms with Crippen LogP contribution in [0.2, 0.25) is 0 Å². The number of hydrogen-bond acceptors (Lipinski definition) is 2. The lowest BCUT2D eigenvalue weighted by molar-refractivity contribution is -0.136. The molecular weight excluding hydrogens is 171 g/mol. The number of aromatic amines is 1. The Bertz CT molecular complexity index is 253. The first-order valence-electron chi connectivity index (χ1n) is 3.40. The van der Waals surface area contributed by atoms with Gasteiger partial charge in [-0.05, 0) is 6.92 Å². The second kappa shape index (κ2) is 3.04. The molecule has 2 N–H and O–H groups in total. The van der Waals surface area contributed by atoms with Gasteiger partial charge in [0, 0.05) is 6.54 Å². The highest BCUT2D eigenvalue weighted by molar-refractivity contribution is 5.43. The van der Waals surface area contributed by atoms with E-state index >= 15 is 0 Å². The average molecular weight is 179 g/mol. The Kier molecular flexibility index (Phi) is 2.25. The van der Waals surface area contributed by atoms with E-state index in [2.05, 4.69) is 15.5 Å². The van der Waals surface area contributed by atoms with Crippen LogP contribution in [-0.2, 0) is 6.18 Å². The van der Waals surface area contributed by atoms with Crippen molar-refractivity contribution in [2.75, 3.05) is 11.9 Å². The van der Waals surface area contributed by atoms with Crippen LogP contribution in [0.25, 0.3) is 0 Å². The first kappa shape index (κ1) is 8.89. The minimum atomic E-state index is -4.34. The number of nitrogens with one attached hydrogen (secondary N) is 2. The van der Waals surface area contributed by atoms with Crippen molar-refractivity contribution < 1.29 is 13.2 Å². The van der Waals surface area contributed by atoms with Crippen molar-refractivity contribution in [3.63, 3.8) is 0 Å². The Hall–Kier alpha value is -1.20. The van der Waals surface area contributed by atoms with Crippen molar-refractivity contribution in [2.45, 2.75) is 13.1 Å². The normalized spacial score (nSPS) is 11.7. The van der Waals surface area contributed by atoms with Crippen LogP contribution in [0.15, 0.2) is 6.20 Å². The van der Waals surface area contributed by atoms with E-state index in [1.54, 1.807) is 6.92 Å². The third-order valence-electron chi connectivity index (χ3n) is 1.30. The summed E-state index contributed by atoms with van der Waals surface area (Å²) in [4.78, 5) is 0. The molecule has 0 aliphatic rings. The lowest BCUT2D eigenvalue weighted by atomic mass is 10.3. The molecule has 0 aromatic carbocycles. The molecule has 0 amide bonds. The molecule has 3 nitrogen and oxygen atoms in total. The second-order valence-corrected chi connectivity index (χ2v) is 2.19. The van der Waals surface area contributed by atoms with E-state index in [1.165, 1.54) is 0 Å². The highest BCUT2D eigenvalue weighted by Gasteiger charge is 2.34. The summed E-state index contributed by atoms with van der Waals surface area (Å²) in [6.45, 7) is 2.13. The Labute approximate surface area is 67.0 Å². The Morgan fingerprint density at radius 2 is 2.25 bits per heavy atom. The number of rotatable bonds is 2. The highest BCUT2D eigenvalue weighted by atomic mass is 19.4. The monoisotopic (exact) mass is 179 g/mol. The maximum atomic E-state index is 12.1. The fourth-order valence-electron chi connectivity index (χ4n) is 0.813. The van der Waals surface area contributed by atoms with Crippen molar-refractivity contribution in [2.24, 2.45) is 0 Å². The molecule has 0 aliphatic carbocycles. The van der Waals surface area contributed by atoms with E-state index in [9.17, 15) is 13.2 Å². The number of nitrogens with zero attached hydrogens (tertiary/aromatic N) is 1. The topological polar surface area (TPSA) is 40.7 Å². The van der Waals surface area contributed by atoms with Crippen LogP contribution in [0, 0.1) is 0 Å². The average Bonchev–Trinajstić information content (AvgIpc) is 2.34. The van der Waals surface area contributed by atoms with Crippen LogP contribution in [-0.4, -0.2) is 16.7 Å². The molecule has 1 heterocycles. The van der Waals surface area contributed by atoms with Crippen molar-refractivity contribution in [3.05, 3.63) is 11.8 Å². The van der Waals surface area contributed by atoms with Crippen molar-refractivity contribution in [1.82, 2.24) is 10.2 Å². The van der Waals surface area contributed by atoms with Crippen molar-refractivity contribution >= 4 is 5.82 Å². The van der Waals surface area contributed by atoms with Gasteiger partial charge in [0.1, 0.15) is 11.4 Å². The van der Waals surface area contributed by atoms with Gasteiger partial charge in [-0.3, -0.25) is 5.10 Å². The zero-order chi connectivity index (χ0) is 9.19. The molecule has 0 radical (unpaired) electrons. The quantitative estimate of drug-likeness (QED) is 0.727. The Morgan fingerprint density at radius 1 is 1.58 bits per heavy atom. The number of anilines is 1. The zero-order valence-corrected chi connectivity index (χ0v) is 6.37. The fraction of sp³-hybridized carbons (Fsp3) is 0.500. The maximum absolute atomic E-state index is 12.1. The molecule has 0 atom stereocenters. The summed E-state index contributed by atoms with van der Waals surface area (Å²) >= 11 is 0. The van der Waals surface area contributed by atoms with Gasteiger partial charge in [0.15, 0.2) is 0 Å². The third-order valence-corrected chi connectivity index (χ3v) is 1.30. The molecule has 0 unspecified atom stereocenters. The van der Waals surface area contributed by atoms with E-state index < -0.39 is 11.7 Å². The predicted octanol–water partition coefficient (Wildman–Crippen LogP) is 1.86. The molecular formula is C6H8F3N3. The molecule has 0 bridgehead atoms. The minimum absolute atomic E-state index is 0.0787. The third kappa shape index (κ3) is 1.69. The standard InChI is InChI=1S/C6H8F3N3/c1-2-10-5-4(3-11-12-5)6(7,8)9/h3H,2H2,1H3,(H2,10,11,12). The van der Waals surface area contributed by atoms with Crippen LogP contribution < -0.4 is 5.32 Å². The summed E-state index contributed by atoms with van der Waals surface area (Å²) in [5.41, 5.74) is -0.760. The molecule has 0 saturated heterocycles. The van der Waals surface area contributed by atoms with Crippen LogP contribution in [0.1, 0.15) is 12.5 Å². The predicted molar refractivity (Wildman–Crippen MR) is 37.8 cm³/mol. The van der Waals surface area contributed by atoms with Gasteiger partial charge in [-0.2, -0.15) is 18.3 Å². The van der Waals surface area contributed by atoms with Gasteiger partial charge < -0.3 is 5.32 Å². The van der Waals surface area contributed by atoms with Gasteiger partial charge in [-0.1, -0.05) is 0 Å². The first-order valence-corrected chi connectivity index (χ1v) is 3.40. The van der Waals surface area contributed by atoms with Gasteiger partial charge in [0.2, 0.25) is 0 Å². The Balaban J connectivity index is 2.91. The lowest BCUT2D eigenvalue weighted by Crippen LogP contribution is -2.08. The first-order chi connectivity index (χ1) is 5.55. The van der Waals surface area contributed by atoms with Crippen molar-refractivity contribution in [3.8, 4) is 0 Å². The van der Waals surface area contributed by atoms with Gasteiger partial charge >= 0.3 is 6.18 Å². The highest BCUT2D eigenvalue weighted by Crippen LogP contribution is 2.32. The van der Waals surface area contributed by atoms with E-state index in [4.69, 9.17) is 0 Å². The molecule has 0 spiro atoms. The number of hydrogen-bond donors (Lipinski definition) is 2. The van der Waals surface area contributed by atoms with Crippen LogP contribution in [0.4, 0.5) is 19.0 Å². The van der Waals surface area contributed by atoms with E-state index in [1.807, 2.05) is 0 Å². The fourth-order valence-corrected chi connectivity index (χ4v) is 0.813. The minimum Gasteiger partial charge on any atom is -0.370 e. The van der Waals surface area contributed by atoms with Gasteiger partial charge in [-0.15, -0.1) is 0 Å². The summed E-state index contributed by atoms with van der Waals surface area (Å²) in [6, 6.07) is 0. The summed E-state index contributed by atoms with van der Waals surface area (Å²) in [7, 11) is 0. The summed E-state index contributed by atoms with van der Waals surface area (Å²) in [5, 5.41) is 8.06. The van der Waals surface area contributed by atoms with Crippen LogP contribution in [0.5, 0.6) is 0 Å². The number of alkyl halides is 3. The maximum Gasteiger partial charge on any atom is 0.421 e. The molecule has 0 aliphatic heterocycles. The SMILES string of the molecule is CCNc1[nH]ncc1C(F)(F)F. The summed E-state index contributed by atoms with van der Waals surface area (Å²) < 4.78 is 36.3. The summed E-state index contributed by atoms with van der Waals surface area (Å²) in [6.07, 6.45) is -3.58.